The second kappa shape index (κ2) is 14.8. The first kappa shape index (κ1) is 32.4. The molecule has 0 bridgehead atoms. The van der Waals surface area contributed by atoms with Crippen LogP contribution in [-0.4, -0.2) is 49.5 Å². The third-order valence-corrected chi connectivity index (χ3v) is 6.96. The highest BCUT2D eigenvalue weighted by atomic mass is 32.2. The van der Waals surface area contributed by atoms with Crippen LogP contribution in [0.5, 0.6) is 11.5 Å². The van der Waals surface area contributed by atoms with Gasteiger partial charge in [0.25, 0.3) is 18.8 Å². The number of hydrogen-bond donors (Lipinski definition) is 1. The average molecular weight is 642 g/mol. The highest BCUT2D eigenvalue weighted by molar-refractivity contribution is 7.99. The molecule has 10 nitrogen and oxygen atoms in total. The van der Waals surface area contributed by atoms with Gasteiger partial charge in [0.15, 0.2) is 22.5 Å². The molecule has 0 aliphatic heterocycles. The average Bonchev–Trinajstić information content (AvgIpc) is 3.60. The van der Waals surface area contributed by atoms with Crippen molar-refractivity contribution in [3.63, 3.8) is 0 Å². The fourth-order valence-corrected chi connectivity index (χ4v) is 4.75. The summed E-state index contributed by atoms with van der Waals surface area (Å²) in [6, 6.07) is 8.56. The molecule has 2 aromatic carbocycles. The largest absolute Gasteiger partial charge is 0.496 e. The Balaban J connectivity index is 1.34. The van der Waals surface area contributed by atoms with Crippen LogP contribution in [0.3, 0.4) is 0 Å². The lowest BCUT2D eigenvalue weighted by atomic mass is 10.1. The summed E-state index contributed by atoms with van der Waals surface area (Å²) in [4.78, 5) is 12.4. The van der Waals surface area contributed by atoms with Crippen molar-refractivity contribution in [1.29, 1.82) is 0 Å². The van der Waals surface area contributed by atoms with E-state index in [4.69, 9.17) is 9.47 Å². The summed E-state index contributed by atoms with van der Waals surface area (Å²) in [6.07, 6.45) is -4.66. The Kier molecular flexibility index (Phi) is 10.9. The van der Waals surface area contributed by atoms with E-state index in [0.29, 0.717) is 40.7 Å². The standard InChI is InChI=1S/C27H25F6N7O3S/c1-3-39-23(12-40-20(26(32)33)10-19(38-40)25(30)31)35-37-27(39)44-14-24(41)36-34-11-15-4-6-21(42-2)16(8-15)13-43-22-7-5-17(28)9-18(22)29/h4-11,25-26H,3,12-14H2,1-2H3,(H,36,41)/b34-11+. The van der Waals surface area contributed by atoms with Crippen LogP contribution in [-0.2, 0) is 24.5 Å². The molecule has 1 amide bonds. The number of carbonyl (C=O) groups excluding carboxylic acids is 1. The highest BCUT2D eigenvalue weighted by Gasteiger charge is 2.23. The molecule has 0 aliphatic rings. The van der Waals surface area contributed by atoms with Gasteiger partial charge in [0.1, 0.15) is 36.1 Å². The molecule has 2 heterocycles. The fraction of sp³-hybridized carbons (Fsp3) is 0.296. The number of ether oxygens (including phenoxy) is 2. The van der Waals surface area contributed by atoms with Crippen LogP contribution in [0.25, 0.3) is 0 Å². The summed E-state index contributed by atoms with van der Waals surface area (Å²) in [7, 11) is 1.45. The number of carbonyl (C=O) groups is 1. The van der Waals surface area contributed by atoms with Crippen LogP contribution in [0.4, 0.5) is 26.3 Å². The van der Waals surface area contributed by atoms with Crippen LogP contribution in [0, 0.1) is 11.6 Å². The monoisotopic (exact) mass is 641 g/mol. The minimum atomic E-state index is -3.02. The number of rotatable bonds is 14. The van der Waals surface area contributed by atoms with Gasteiger partial charge in [-0.15, -0.1) is 10.2 Å². The number of hydrazone groups is 1. The van der Waals surface area contributed by atoms with E-state index in [9.17, 15) is 31.1 Å². The zero-order valence-electron chi connectivity index (χ0n) is 23.2. The van der Waals surface area contributed by atoms with E-state index in [1.165, 1.54) is 19.4 Å². The number of methoxy groups -OCH3 is 1. The van der Waals surface area contributed by atoms with E-state index in [1.54, 1.807) is 29.7 Å². The number of benzene rings is 2. The molecular formula is C27H25F6N7O3S. The summed E-state index contributed by atoms with van der Waals surface area (Å²) in [5.74, 6) is -1.68. The Morgan fingerprint density at radius 3 is 2.52 bits per heavy atom. The summed E-state index contributed by atoms with van der Waals surface area (Å²) < 4.78 is 92.8. The SMILES string of the molecule is CCn1c(Cn2nc(C(F)F)cc2C(F)F)nnc1SCC(=O)N/N=C/c1ccc(OC)c(COc2ccc(F)cc2F)c1. The Hall–Kier alpha value is -4.54. The smallest absolute Gasteiger partial charge is 0.282 e. The van der Waals surface area contributed by atoms with Crippen molar-refractivity contribution in [2.75, 3.05) is 12.9 Å². The molecule has 0 aliphatic carbocycles. The van der Waals surface area contributed by atoms with Crippen LogP contribution < -0.4 is 14.9 Å². The number of amides is 1. The second-order valence-electron chi connectivity index (χ2n) is 8.91. The van der Waals surface area contributed by atoms with Crippen LogP contribution in [0.2, 0.25) is 0 Å². The molecule has 1 N–H and O–H groups in total. The summed E-state index contributed by atoms with van der Waals surface area (Å²) in [6.45, 7) is 1.65. The molecule has 0 atom stereocenters. The van der Waals surface area contributed by atoms with E-state index in [2.05, 4.69) is 25.8 Å². The summed E-state index contributed by atoms with van der Waals surface area (Å²) in [5, 5.41) is 15.8. The lowest BCUT2D eigenvalue weighted by molar-refractivity contribution is -0.118. The van der Waals surface area contributed by atoms with E-state index < -0.39 is 41.8 Å². The molecule has 0 saturated carbocycles. The molecule has 0 fully saturated rings. The van der Waals surface area contributed by atoms with Gasteiger partial charge in [0.2, 0.25) is 0 Å². The molecule has 0 saturated heterocycles. The topological polar surface area (TPSA) is 108 Å². The zero-order chi connectivity index (χ0) is 31.8. The normalized spacial score (nSPS) is 11.6. The molecule has 0 radical (unpaired) electrons. The minimum Gasteiger partial charge on any atom is -0.496 e. The Morgan fingerprint density at radius 2 is 1.84 bits per heavy atom. The van der Waals surface area contributed by atoms with Gasteiger partial charge in [0, 0.05) is 18.2 Å². The van der Waals surface area contributed by atoms with Gasteiger partial charge in [-0.2, -0.15) is 10.2 Å². The number of hydrogen-bond acceptors (Lipinski definition) is 8. The summed E-state index contributed by atoms with van der Waals surface area (Å²) >= 11 is 1.01. The van der Waals surface area contributed by atoms with Gasteiger partial charge >= 0.3 is 0 Å². The van der Waals surface area contributed by atoms with Gasteiger partial charge in [-0.1, -0.05) is 11.8 Å². The third kappa shape index (κ3) is 8.09. The van der Waals surface area contributed by atoms with Gasteiger partial charge < -0.3 is 14.0 Å². The van der Waals surface area contributed by atoms with E-state index in [1.807, 2.05) is 0 Å². The van der Waals surface area contributed by atoms with Crippen molar-refractivity contribution in [3.8, 4) is 11.5 Å². The van der Waals surface area contributed by atoms with Crippen molar-refractivity contribution in [2.45, 2.75) is 44.6 Å². The molecule has 234 valence electrons. The maximum Gasteiger partial charge on any atom is 0.282 e. The maximum atomic E-state index is 13.9. The van der Waals surface area contributed by atoms with Crippen molar-refractivity contribution in [2.24, 2.45) is 5.10 Å². The molecular weight excluding hydrogens is 616 g/mol. The molecule has 4 rings (SSSR count). The van der Waals surface area contributed by atoms with Crippen molar-refractivity contribution in [1.82, 2.24) is 30.0 Å². The van der Waals surface area contributed by atoms with Gasteiger partial charge in [-0.05, 0) is 48.9 Å². The first-order chi connectivity index (χ1) is 21.1. The first-order valence-corrected chi connectivity index (χ1v) is 13.8. The quantitative estimate of drug-likeness (QED) is 0.0836. The molecule has 0 unspecified atom stereocenters. The van der Waals surface area contributed by atoms with Crippen molar-refractivity contribution < 1.29 is 40.6 Å². The fourth-order valence-electron chi connectivity index (χ4n) is 3.94. The van der Waals surface area contributed by atoms with E-state index in [-0.39, 0.29) is 30.5 Å². The number of alkyl halides is 4. The molecule has 17 heteroatoms. The zero-order valence-corrected chi connectivity index (χ0v) is 24.0. The molecule has 4 aromatic rings. The summed E-state index contributed by atoms with van der Waals surface area (Å²) in [5.41, 5.74) is 2.03. The Morgan fingerprint density at radius 1 is 1.07 bits per heavy atom. The maximum absolute atomic E-state index is 13.9. The van der Waals surface area contributed by atoms with Gasteiger partial charge in [0.05, 0.1) is 19.1 Å². The Labute approximate surface area is 251 Å². The lowest BCUT2D eigenvalue weighted by Crippen LogP contribution is -2.20. The number of nitrogens with one attached hydrogen (secondary N) is 1. The van der Waals surface area contributed by atoms with Crippen LogP contribution in [0.1, 0.15) is 48.1 Å². The number of thioether (sulfide) groups is 1. The van der Waals surface area contributed by atoms with Gasteiger partial charge in [-0.3, -0.25) is 9.48 Å². The molecule has 0 spiro atoms. The predicted molar refractivity (Wildman–Crippen MR) is 147 cm³/mol. The van der Waals surface area contributed by atoms with E-state index >= 15 is 0 Å². The first-order valence-electron chi connectivity index (χ1n) is 12.8. The minimum absolute atomic E-state index is 0.0896. The number of aromatic nitrogens is 5. The number of halogens is 6. The molecule has 2 aromatic heterocycles. The van der Waals surface area contributed by atoms with E-state index in [0.717, 1.165) is 22.5 Å². The van der Waals surface area contributed by atoms with Crippen LogP contribution in [0.15, 0.2) is 52.7 Å². The van der Waals surface area contributed by atoms with Gasteiger partial charge in [-0.25, -0.2) is 31.8 Å². The number of nitrogens with zero attached hydrogens (tertiary/aromatic N) is 6. The molecule has 44 heavy (non-hydrogen) atoms. The predicted octanol–water partition coefficient (Wildman–Crippen LogP) is 5.53. The second-order valence-corrected chi connectivity index (χ2v) is 9.86. The third-order valence-electron chi connectivity index (χ3n) is 5.99. The highest BCUT2D eigenvalue weighted by Crippen LogP contribution is 2.27. The Bertz CT molecular complexity index is 1630. The lowest BCUT2D eigenvalue weighted by Gasteiger charge is -2.11. The van der Waals surface area contributed by atoms with Crippen LogP contribution >= 0.6 is 11.8 Å². The van der Waals surface area contributed by atoms with Crippen molar-refractivity contribution >= 4 is 23.9 Å². The van der Waals surface area contributed by atoms with Crippen molar-refractivity contribution in [3.05, 3.63) is 82.4 Å².